The number of ether oxygens (including phenoxy) is 1. The molecule has 0 N–H and O–H groups in total. The van der Waals surface area contributed by atoms with Crippen molar-refractivity contribution in [2.24, 2.45) is 7.05 Å². The third kappa shape index (κ3) is 3.16. The molecule has 1 aromatic carbocycles. The van der Waals surface area contributed by atoms with Crippen molar-refractivity contribution in [1.29, 1.82) is 0 Å². The van der Waals surface area contributed by atoms with Gasteiger partial charge in [-0.1, -0.05) is 30.3 Å². The Balaban J connectivity index is 1.86. The third-order valence-corrected chi connectivity index (χ3v) is 4.92. The Morgan fingerprint density at radius 2 is 2.00 bits per heavy atom. The predicted molar refractivity (Wildman–Crippen MR) is 94.1 cm³/mol. The summed E-state index contributed by atoms with van der Waals surface area (Å²) in [5, 5.41) is 0. The normalized spacial score (nSPS) is 20.9. The van der Waals surface area contributed by atoms with Gasteiger partial charge in [0.2, 0.25) is 0 Å². The van der Waals surface area contributed by atoms with Crippen LogP contribution in [0.5, 0.6) is 0 Å². The van der Waals surface area contributed by atoms with E-state index in [4.69, 9.17) is 4.74 Å². The highest BCUT2D eigenvalue weighted by Crippen LogP contribution is 2.27. The van der Waals surface area contributed by atoms with Gasteiger partial charge in [0.1, 0.15) is 11.8 Å². The maximum Gasteiger partial charge on any atom is 0.270 e. The van der Waals surface area contributed by atoms with E-state index in [2.05, 4.69) is 15.9 Å². The van der Waals surface area contributed by atoms with Crippen LogP contribution in [0.4, 0.5) is 0 Å². The van der Waals surface area contributed by atoms with Crippen LogP contribution in [-0.2, 0) is 11.8 Å². The van der Waals surface area contributed by atoms with Crippen LogP contribution in [0, 0.1) is 0 Å². The molecule has 3 rings (SSSR count). The topological polar surface area (TPSA) is 51.5 Å². The molecule has 6 heteroatoms. The number of carbonyl (C=O) groups is 2. The largest absolute Gasteiger partial charge is 0.367 e. The zero-order chi connectivity index (χ0) is 17.3. The van der Waals surface area contributed by atoms with Gasteiger partial charge in [0, 0.05) is 18.1 Å². The van der Waals surface area contributed by atoms with Crippen molar-refractivity contribution >= 4 is 28.1 Å². The zero-order valence-electron chi connectivity index (χ0n) is 13.6. The smallest absolute Gasteiger partial charge is 0.270 e. The molecular formula is C18H19BrN2O3. The van der Waals surface area contributed by atoms with Crippen molar-refractivity contribution in [1.82, 2.24) is 9.47 Å². The van der Waals surface area contributed by atoms with Gasteiger partial charge < -0.3 is 14.2 Å². The number of benzene rings is 1. The molecule has 0 aliphatic carbocycles. The number of morpholine rings is 1. The lowest BCUT2D eigenvalue weighted by molar-refractivity contribution is -0.0693. The van der Waals surface area contributed by atoms with Crippen molar-refractivity contribution in [3.05, 3.63) is 57.8 Å². The molecule has 1 aliphatic rings. The number of carbonyl (C=O) groups excluding carboxylic acids is 2. The van der Waals surface area contributed by atoms with E-state index in [0.29, 0.717) is 29.0 Å². The van der Waals surface area contributed by atoms with E-state index in [9.17, 15) is 9.59 Å². The average Bonchev–Trinajstić information content (AvgIpc) is 2.88. The lowest BCUT2D eigenvalue weighted by Crippen LogP contribution is -2.46. The summed E-state index contributed by atoms with van der Waals surface area (Å²) in [7, 11) is 1.72. The summed E-state index contributed by atoms with van der Waals surface area (Å²) in [6, 6.07) is 11.6. The number of nitrogens with zero attached hydrogens (tertiary/aromatic N) is 2. The van der Waals surface area contributed by atoms with Crippen LogP contribution in [0.15, 0.2) is 40.9 Å². The van der Waals surface area contributed by atoms with Gasteiger partial charge in [0.05, 0.1) is 18.3 Å². The number of hydrogen-bond donors (Lipinski definition) is 0. The average molecular weight is 391 g/mol. The van der Waals surface area contributed by atoms with Crippen LogP contribution in [0.2, 0.25) is 0 Å². The van der Waals surface area contributed by atoms with Crippen LogP contribution in [0.1, 0.15) is 39.6 Å². The Bertz CT molecular complexity index is 757. The Labute approximate surface area is 149 Å². The summed E-state index contributed by atoms with van der Waals surface area (Å²) in [6.07, 6.45) is 0.547. The summed E-state index contributed by atoms with van der Waals surface area (Å²) < 4.78 is 8.25. The molecule has 1 saturated heterocycles. The molecule has 1 aliphatic heterocycles. The number of rotatable bonds is 3. The number of halogens is 1. The molecule has 2 heterocycles. The van der Waals surface area contributed by atoms with Gasteiger partial charge in [-0.05, 0) is 34.5 Å². The van der Waals surface area contributed by atoms with E-state index in [-0.39, 0.29) is 18.1 Å². The van der Waals surface area contributed by atoms with E-state index in [1.54, 1.807) is 22.6 Å². The van der Waals surface area contributed by atoms with E-state index in [1.165, 1.54) is 0 Å². The molecule has 1 amide bonds. The van der Waals surface area contributed by atoms with Gasteiger partial charge in [0.25, 0.3) is 5.91 Å². The second-order valence-electron chi connectivity index (χ2n) is 6.00. The molecule has 126 valence electrons. The lowest BCUT2D eigenvalue weighted by atomic mass is 10.1. The van der Waals surface area contributed by atoms with E-state index in [1.807, 2.05) is 37.3 Å². The number of aldehydes is 1. The molecular weight excluding hydrogens is 372 g/mol. The fourth-order valence-corrected chi connectivity index (χ4v) is 3.63. The van der Waals surface area contributed by atoms with Gasteiger partial charge in [0.15, 0.2) is 6.29 Å². The van der Waals surface area contributed by atoms with Gasteiger partial charge >= 0.3 is 0 Å². The molecule has 1 fully saturated rings. The second-order valence-corrected chi connectivity index (χ2v) is 6.85. The van der Waals surface area contributed by atoms with Crippen LogP contribution >= 0.6 is 15.9 Å². The summed E-state index contributed by atoms with van der Waals surface area (Å²) in [4.78, 5) is 25.9. The molecule has 0 saturated carbocycles. The van der Waals surface area contributed by atoms with Gasteiger partial charge in [-0.25, -0.2) is 0 Å². The van der Waals surface area contributed by atoms with Crippen molar-refractivity contribution in [2.45, 2.75) is 19.1 Å². The molecule has 2 aromatic rings. The highest BCUT2D eigenvalue weighted by atomic mass is 79.9. The van der Waals surface area contributed by atoms with Gasteiger partial charge in [-0.15, -0.1) is 0 Å². The molecule has 0 spiro atoms. The first-order chi connectivity index (χ1) is 11.5. The van der Waals surface area contributed by atoms with Crippen molar-refractivity contribution < 1.29 is 14.3 Å². The first-order valence-electron chi connectivity index (χ1n) is 7.81. The third-order valence-electron chi connectivity index (χ3n) is 4.28. The van der Waals surface area contributed by atoms with Gasteiger partial charge in [-0.2, -0.15) is 0 Å². The van der Waals surface area contributed by atoms with Crippen molar-refractivity contribution in [2.75, 3.05) is 13.1 Å². The Morgan fingerprint density at radius 1 is 1.29 bits per heavy atom. The minimum atomic E-state index is -0.145. The van der Waals surface area contributed by atoms with E-state index >= 15 is 0 Å². The van der Waals surface area contributed by atoms with Crippen LogP contribution in [0.3, 0.4) is 0 Å². The fraction of sp³-hybridized carbons (Fsp3) is 0.333. The minimum absolute atomic E-state index is 0.0536. The summed E-state index contributed by atoms with van der Waals surface area (Å²) in [6.45, 7) is 2.99. The molecule has 0 radical (unpaired) electrons. The monoisotopic (exact) mass is 390 g/mol. The molecule has 2 atom stereocenters. The van der Waals surface area contributed by atoms with Gasteiger partial charge in [-0.3, -0.25) is 9.59 Å². The summed E-state index contributed by atoms with van der Waals surface area (Å²) >= 11 is 3.33. The molecule has 5 nitrogen and oxygen atoms in total. The summed E-state index contributed by atoms with van der Waals surface area (Å²) in [5.74, 6) is -0.0950. The maximum absolute atomic E-state index is 12.9. The molecule has 0 bridgehead atoms. The lowest BCUT2D eigenvalue weighted by Gasteiger charge is -2.37. The van der Waals surface area contributed by atoms with E-state index < -0.39 is 0 Å². The minimum Gasteiger partial charge on any atom is -0.367 e. The highest BCUT2D eigenvalue weighted by molar-refractivity contribution is 9.10. The van der Waals surface area contributed by atoms with Crippen LogP contribution < -0.4 is 0 Å². The number of aromatic nitrogens is 1. The molecule has 1 aromatic heterocycles. The van der Waals surface area contributed by atoms with Crippen molar-refractivity contribution in [3.63, 3.8) is 0 Å². The first-order valence-corrected chi connectivity index (χ1v) is 8.60. The number of amides is 1. The quantitative estimate of drug-likeness (QED) is 0.756. The highest BCUT2D eigenvalue weighted by Gasteiger charge is 2.31. The number of hydrogen-bond acceptors (Lipinski definition) is 3. The summed E-state index contributed by atoms with van der Waals surface area (Å²) in [5.41, 5.74) is 2.01. The molecule has 24 heavy (non-hydrogen) atoms. The standard InChI is InChI=1S/C18H19BrN2O3/c1-12-9-21(10-17(24-12)13-6-4-3-5-7-13)18(23)15-8-14(19)16(11-22)20(15)2/h3-8,11-12,17H,9-10H2,1-2H3/t12-,17+/m1/s1. The Kier molecular flexibility index (Phi) is 4.87. The van der Waals surface area contributed by atoms with Crippen LogP contribution in [0.25, 0.3) is 0 Å². The SMILES string of the molecule is C[C@@H]1CN(C(=O)c2cc(Br)c(C=O)n2C)C[C@@H](c2ccccc2)O1. The van der Waals surface area contributed by atoms with E-state index in [0.717, 1.165) is 11.8 Å². The zero-order valence-corrected chi connectivity index (χ0v) is 15.2. The van der Waals surface area contributed by atoms with Crippen molar-refractivity contribution in [3.8, 4) is 0 Å². The second kappa shape index (κ2) is 6.91. The molecule has 0 unspecified atom stereocenters. The first kappa shape index (κ1) is 16.9. The fourth-order valence-electron chi connectivity index (χ4n) is 3.05. The Hall–Kier alpha value is -1.92. The van der Waals surface area contributed by atoms with Crippen LogP contribution in [-0.4, -0.2) is 40.9 Å². The maximum atomic E-state index is 12.9. The Morgan fingerprint density at radius 3 is 2.62 bits per heavy atom. The predicted octanol–water partition coefficient (Wildman–Crippen LogP) is 3.20.